The highest BCUT2D eigenvalue weighted by atomic mass is 32.2. The monoisotopic (exact) mass is 498 g/mol. The second kappa shape index (κ2) is 18.3. The molecule has 1 heterocycles. The number of amides is 1. The van der Waals surface area contributed by atoms with Gasteiger partial charge in [0, 0.05) is 12.7 Å². The molecule has 190 valence electrons. The molecule has 3 rings (SSSR count). The van der Waals surface area contributed by atoms with Gasteiger partial charge in [-0.1, -0.05) is 109 Å². The minimum absolute atomic E-state index is 0.123. The molecule has 0 radical (unpaired) electrons. The number of rotatable bonds is 7. The normalized spacial score (nSPS) is 18.1. The summed E-state index contributed by atoms with van der Waals surface area (Å²) in [5.41, 5.74) is 0. The minimum atomic E-state index is -0.811. The molecule has 1 amide bonds. The first-order chi connectivity index (χ1) is 15.8. The summed E-state index contributed by atoms with van der Waals surface area (Å²) in [6.45, 7) is 8.53. The van der Waals surface area contributed by atoms with Gasteiger partial charge in [0.2, 0.25) is 5.91 Å². The Hall–Kier alpha value is -1.08. The van der Waals surface area contributed by atoms with Crippen LogP contribution in [0.15, 0.2) is 10.4 Å². The number of thioether (sulfide) groups is 1. The lowest BCUT2D eigenvalue weighted by molar-refractivity contribution is -0.136. The van der Waals surface area contributed by atoms with Crippen LogP contribution in [0.2, 0.25) is 0 Å². The topological polar surface area (TPSA) is 79.3 Å². The number of carboxylic acid groups (broad SMARTS) is 1. The van der Waals surface area contributed by atoms with E-state index in [9.17, 15) is 9.59 Å². The second-order valence-electron chi connectivity index (χ2n) is 9.54. The highest BCUT2D eigenvalue weighted by Crippen LogP contribution is 2.31. The Labute approximate surface area is 209 Å². The molecule has 1 aromatic heterocycles. The first kappa shape index (κ1) is 30.0. The molecule has 2 fully saturated rings. The molecule has 0 bridgehead atoms. The zero-order valence-electron chi connectivity index (χ0n) is 21.2. The van der Waals surface area contributed by atoms with Gasteiger partial charge in [-0.15, -0.1) is 11.8 Å². The molecule has 2 aliphatic carbocycles. The average Bonchev–Trinajstić information content (AvgIpc) is 3.08. The maximum atomic E-state index is 10.7. The van der Waals surface area contributed by atoms with Gasteiger partial charge in [-0.05, 0) is 17.8 Å². The molecule has 5 nitrogen and oxygen atoms in total. The van der Waals surface area contributed by atoms with Crippen molar-refractivity contribution in [3.8, 4) is 0 Å². The van der Waals surface area contributed by atoms with Gasteiger partial charge in [0.1, 0.15) is 0 Å². The van der Waals surface area contributed by atoms with Gasteiger partial charge in [-0.25, -0.2) is 4.98 Å². The molecule has 0 aliphatic heterocycles. The van der Waals surface area contributed by atoms with Crippen molar-refractivity contribution in [3.05, 3.63) is 6.20 Å². The van der Waals surface area contributed by atoms with Gasteiger partial charge in [0.25, 0.3) is 0 Å². The molecule has 0 spiro atoms. The van der Waals surface area contributed by atoms with Crippen LogP contribution in [0.4, 0.5) is 5.13 Å². The van der Waals surface area contributed by atoms with E-state index in [1.165, 1.54) is 107 Å². The molecular formula is C26H46N2O3S2. The van der Waals surface area contributed by atoms with E-state index in [0.717, 1.165) is 22.0 Å². The van der Waals surface area contributed by atoms with Gasteiger partial charge in [-0.2, -0.15) is 0 Å². The number of carbonyl (C=O) groups is 2. The van der Waals surface area contributed by atoms with Crippen LogP contribution >= 0.6 is 23.1 Å². The zero-order valence-corrected chi connectivity index (χ0v) is 22.9. The molecule has 7 heteroatoms. The third-order valence-electron chi connectivity index (χ3n) is 6.57. The van der Waals surface area contributed by atoms with Crippen molar-refractivity contribution in [2.45, 2.75) is 115 Å². The number of hydrogen-bond donors (Lipinski definition) is 2. The number of thiazole rings is 1. The van der Waals surface area contributed by atoms with Crippen LogP contribution in [0.25, 0.3) is 0 Å². The van der Waals surface area contributed by atoms with Crippen LogP contribution < -0.4 is 5.32 Å². The fourth-order valence-corrected chi connectivity index (χ4v) is 6.22. The van der Waals surface area contributed by atoms with E-state index in [1.807, 2.05) is 0 Å². The van der Waals surface area contributed by atoms with Crippen molar-refractivity contribution in [2.75, 3.05) is 11.1 Å². The van der Waals surface area contributed by atoms with Crippen LogP contribution in [-0.4, -0.2) is 27.7 Å². The van der Waals surface area contributed by atoms with E-state index in [-0.39, 0.29) is 12.3 Å². The molecule has 1 aromatic rings. The Kier molecular flexibility index (Phi) is 16.6. The Balaban J connectivity index is 0.000000262. The average molecular weight is 499 g/mol. The fraction of sp³-hybridized carbons (Fsp3) is 0.808. The van der Waals surface area contributed by atoms with E-state index < -0.39 is 5.97 Å². The van der Waals surface area contributed by atoms with Gasteiger partial charge >= 0.3 is 5.97 Å². The second-order valence-corrected chi connectivity index (χ2v) is 12.0. The summed E-state index contributed by atoms with van der Waals surface area (Å²) in [5, 5.41) is 11.5. The summed E-state index contributed by atoms with van der Waals surface area (Å²) in [6.07, 6.45) is 19.6. The van der Waals surface area contributed by atoms with Crippen molar-refractivity contribution in [1.82, 2.24) is 4.98 Å². The first-order valence-corrected chi connectivity index (χ1v) is 14.7. The van der Waals surface area contributed by atoms with Crippen molar-refractivity contribution in [3.63, 3.8) is 0 Å². The van der Waals surface area contributed by atoms with Crippen molar-refractivity contribution >= 4 is 40.1 Å². The summed E-state index contributed by atoms with van der Waals surface area (Å²) >= 11 is 2.76. The number of carbonyl (C=O) groups excluding carboxylic acids is 1. The molecular weight excluding hydrogens is 452 g/mol. The predicted octanol–water partition coefficient (Wildman–Crippen LogP) is 8.26. The number of nitrogens with one attached hydrogen (secondary N) is 1. The van der Waals surface area contributed by atoms with Crippen LogP contribution in [0.5, 0.6) is 0 Å². The van der Waals surface area contributed by atoms with Crippen LogP contribution in [0.1, 0.15) is 111 Å². The van der Waals surface area contributed by atoms with E-state index in [4.69, 9.17) is 5.11 Å². The summed E-state index contributed by atoms with van der Waals surface area (Å²) in [6, 6.07) is 0. The summed E-state index contributed by atoms with van der Waals surface area (Å²) in [4.78, 5) is 24.9. The molecule has 2 N–H and O–H groups in total. The van der Waals surface area contributed by atoms with Gasteiger partial charge in [-0.3, -0.25) is 9.59 Å². The smallest absolute Gasteiger partial charge is 0.304 e. The van der Waals surface area contributed by atoms with Gasteiger partial charge in [0.05, 0.1) is 16.8 Å². The van der Waals surface area contributed by atoms with E-state index in [0.29, 0.717) is 10.9 Å². The van der Waals surface area contributed by atoms with Crippen LogP contribution in [0.3, 0.4) is 0 Å². The molecule has 2 saturated carbocycles. The summed E-state index contributed by atoms with van der Waals surface area (Å²) < 4.78 is 0.903. The Morgan fingerprint density at radius 1 is 1.12 bits per heavy atom. The van der Waals surface area contributed by atoms with E-state index in [2.05, 4.69) is 31.1 Å². The lowest BCUT2D eigenvalue weighted by atomic mass is 9.80. The quantitative estimate of drug-likeness (QED) is 0.292. The minimum Gasteiger partial charge on any atom is -0.481 e. The lowest BCUT2D eigenvalue weighted by Crippen LogP contribution is -2.14. The highest BCUT2D eigenvalue weighted by molar-refractivity contribution is 8.01. The maximum absolute atomic E-state index is 10.7. The predicted molar refractivity (Wildman–Crippen MR) is 142 cm³/mol. The number of aliphatic carboxylic acids is 1. The molecule has 2 aliphatic rings. The van der Waals surface area contributed by atoms with Gasteiger partial charge in [0.15, 0.2) is 5.13 Å². The fourth-order valence-electron chi connectivity index (χ4n) is 4.29. The largest absolute Gasteiger partial charge is 0.481 e. The number of nitrogens with zero attached hydrogens (tertiary/aromatic N) is 1. The Bertz CT molecular complexity index is 652. The first-order valence-electron chi connectivity index (χ1n) is 12.9. The van der Waals surface area contributed by atoms with Crippen molar-refractivity contribution in [1.29, 1.82) is 0 Å². The molecule has 1 unspecified atom stereocenters. The van der Waals surface area contributed by atoms with Crippen molar-refractivity contribution in [2.24, 2.45) is 17.8 Å². The third-order valence-corrected chi connectivity index (χ3v) is 8.68. The standard InChI is InChI=1S/C10H20.C8H10N2O3S2.C8H16/c1-3-9(2)10-7-5-4-6-8-10;1-5(11)10-8-9-4-7(15-8)14-3-2-6(12)13;1-8-6-4-2-3-5-7-8/h9-10H,3-8H2,1-2H3;4H,2-3H2,1H3,(H,12,13)(H,9,10,11);8H,2-7H2,1H3. The van der Waals surface area contributed by atoms with E-state index in [1.54, 1.807) is 6.20 Å². The number of anilines is 1. The highest BCUT2D eigenvalue weighted by Gasteiger charge is 2.17. The van der Waals surface area contributed by atoms with Crippen LogP contribution in [-0.2, 0) is 9.59 Å². The van der Waals surface area contributed by atoms with E-state index >= 15 is 0 Å². The molecule has 0 saturated heterocycles. The molecule has 0 aromatic carbocycles. The Morgan fingerprint density at radius 2 is 1.70 bits per heavy atom. The lowest BCUT2D eigenvalue weighted by Gasteiger charge is -2.26. The van der Waals surface area contributed by atoms with Gasteiger partial charge < -0.3 is 10.4 Å². The number of hydrogen-bond acceptors (Lipinski definition) is 5. The number of carboxylic acids is 1. The third kappa shape index (κ3) is 15.4. The molecule has 1 atom stereocenters. The van der Waals surface area contributed by atoms with Crippen molar-refractivity contribution < 1.29 is 14.7 Å². The zero-order chi connectivity index (χ0) is 24.5. The molecule has 33 heavy (non-hydrogen) atoms. The van der Waals surface area contributed by atoms with Crippen LogP contribution in [0, 0.1) is 17.8 Å². The summed E-state index contributed by atoms with van der Waals surface area (Å²) in [7, 11) is 0. The SMILES string of the molecule is CC(=O)Nc1ncc(SCCC(=O)O)s1.CC1CCCCCC1.CCC(C)C1CCCCC1. The maximum Gasteiger partial charge on any atom is 0.304 e. The summed E-state index contributed by atoms with van der Waals surface area (Å²) in [5.74, 6) is 2.62. The number of aromatic nitrogens is 1. The Morgan fingerprint density at radius 3 is 2.24 bits per heavy atom.